The maximum absolute atomic E-state index is 12.9. The summed E-state index contributed by atoms with van der Waals surface area (Å²) in [7, 11) is 0. The van der Waals surface area contributed by atoms with E-state index in [4.69, 9.17) is 14.2 Å². The van der Waals surface area contributed by atoms with E-state index in [1.54, 1.807) is 0 Å². The smallest absolute Gasteiger partial charge is 0.306 e. The summed E-state index contributed by atoms with van der Waals surface area (Å²) in [4.78, 5) is 38.4. The van der Waals surface area contributed by atoms with Crippen molar-refractivity contribution in [2.75, 3.05) is 13.2 Å². The van der Waals surface area contributed by atoms with Crippen molar-refractivity contribution >= 4 is 17.9 Å². The molecule has 0 fully saturated rings. The van der Waals surface area contributed by atoms with E-state index >= 15 is 0 Å². The third-order valence-electron chi connectivity index (χ3n) is 14.1. The number of carbonyl (C=O) groups excluding carboxylic acids is 3. The second kappa shape index (κ2) is 68.8. The van der Waals surface area contributed by atoms with Gasteiger partial charge in [-0.15, -0.1) is 0 Å². The molecule has 0 saturated carbocycles. The Morgan fingerprint density at radius 2 is 0.476 bits per heavy atom. The fraction of sp³-hybridized carbons (Fsp3) is 0.645. The molecular formula is C76H124O6. The number of rotatable bonds is 60. The summed E-state index contributed by atoms with van der Waals surface area (Å²) in [6.07, 6.45) is 98.6. The zero-order valence-corrected chi connectivity index (χ0v) is 53.2. The molecular weight excluding hydrogens is 1010 g/mol. The molecule has 6 heteroatoms. The first-order chi connectivity index (χ1) is 40.5. The molecule has 0 bridgehead atoms. The number of unbranched alkanes of at least 4 members (excludes halogenated alkanes) is 25. The van der Waals surface area contributed by atoms with E-state index in [1.165, 1.54) is 109 Å². The first-order valence-electron chi connectivity index (χ1n) is 33.8. The fourth-order valence-corrected chi connectivity index (χ4v) is 9.10. The van der Waals surface area contributed by atoms with Crippen molar-refractivity contribution in [3.05, 3.63) is 146 Å². The Morgan fingerprint density at radius 1 is 0.256 bits per heavy atom. The van der Waals surface area contributed by atoms with E-state index in [0.29, 0.717) is 19.3 Å². The molecule has 0 N–H and O–H groups in total. The molecule has 0 spiro atoms. The van der Waals surface area contributed by atoms with E-state index in [0.717, 1.165) is 148 Å². The Bertz CT molecular complexity index is 1780. The van der Waals surface area contributed by atoms with Gasteiger partial charge in [-0.05, 0) is 122 Å². The summed E-state index contributed by atoms with van der Waals surface area (Å²) in [5, 5.41) is 0. The van der Waals surface area contributed by atoms with Gasteiger partial charge in [0.05, 0.1) is 0 Å². The Kier molecular flexibility index (Phi) is 64.8. The predicted octanol–water partition coefficient (Wildman–Crippen LogP) is 23.5. The Balaban J connectivity index is 4.44. The molecule has 0 aliphatic rings. The van der Waals surface area contributed by atoms with E-state index in [1.807, 2.05) is 0 Å². The van der Waals surface area contributed by atoms with Crippen molar-refractivity contribution < 1.29 is 28.6 Å². The van der Waals surface area contributed by atoms with Crippen LogP contribution in [0.5, 0.6) is 0 Å². The van der Waals surface area contributed by atoms with Crippen LogP contribution in [0.4, 0.5) is 0 Å². The van der Waals surface area contributed by atoms with Crippen molar-refractivity contribution in [3.63, 3.8) is 0 Å². The van der Waals surface area contributed by atoms with E-state index in [9.17, 15) is 14.4 Å². The Morgan fingerprint density at radius 3 is 0.768 bits per heavy atom. The maximum Gasteiger partial charge on any atom is 0.306 e. The summed E-state index contributed by atoms with van der Waals surface area (Å²) >= 11 is 0. The summed E-state index contributed by atoms with van der Waals surface area (Å²) < 4.78 is 16.9. The zero-order chi connectivity index (χ0) is 59.2. The first kappa shape index (κ1) is 77.3. The minimum Gasteiger partial charge on any atom is -0.462 e. The molecule has 1 atom stereocenters. The SMILES string of the molecule is CC/C=C\C/C=C\C/C=C\C/C=C\C/C=C\C/C=C\C/C=C\C/C=C\CCCCCCC(=O)OCC(COC(=O)CCCC/C=C\C/C=C\C/C=C\C/C=C\CC)OC(=O)CCCCCCCCCCCCCCCCCCCCCC. The minimum absolute atomic E-state index is 0.108. The van der Waals surface area contributed by atoms with Gasteiger partial charge in [0, 0.05) is 19.3 Å². The molecule has 0 saturated heterocycles. The second-order valence-corrected chi connectivity index (χ2v) is 22.0. The quantitative estimate of drug-likeness (QED) is 0.0261. The highest BCUT2D eigenvalue weighted by molar-refractivity contribution is 5.71. The predicted molar refractivity (Wildman–Crippen MR) is 357 cm³/mol. The van der Waals surface area contributed by atoms with E-state index in [2.05, 4.69) is 167 Å². The number of hydrogen-bond acceptors (Lipinski definition) is 6. The number of hydrogen-bond donors (Lipinski definition) is 0. The highest BCUT2D eigenvalue weighted by Crippen LogP contribution is 2.16. The standard InChI is InChI=1S/C76H124O6/c1-4-7-10-13-16-19-22-25-28-30-32-34-35-36-37-38-39-40-41-42-44-45-48-51-54-57-60-63-66-69-75(78)81-72-73(71-80-74(77)68-65-62-59-56-53-50-47-27-24-21-18-15-12-9-6-3)82-76(79)70-67-64-61-58-55-52-49-46-43-33-31-29-26-23-20-17-14-11-8-5-2/h7,9-10,12,16,18-19,21,25,27-28,32,34,36-37,39-40,42,44,47-48,51,53,56,73H,4-6,8,11,13-15,17,20,22-24,26,29-31,33,35,38,41,43,45-46,49-50,52,54-55,57-72H2,1-3H3/b10-7-,12-9-,19-16-,21-18-,28-25-,34-32-,37-36-,40-39-,44-42-,47-27-,51-48-,56-53-. The molecule has 0 aliphatic heterocycles. The maximum atomic E-state index is 12.9. The zero-order valence-electron chi connectivity index (χ0n) is 53.2. The van der Waals surface area contributed by atoms with Gasteiger partial charge in [0.25, 0.3) is 0 Å². The molecule has 0 aliphatic carbocycles. The van der Waals surface area contributed by atoms with Crippen LogP contribution in [-0.2, 0) is 28.6 Å². The molecule has 0 amide bonds. The van der Waals surface area contributed by atoms with Gasteiger partial charge in [-0.2, -0.15) is 0 Å². The van der Waals surface area contributed by atoms with Crippen LogP contribution >= 0.6 is 0 Å². The average molecular weight is 1130 g/mol. The van der Waals surface area contributed by atoms with Gasteiger partial charge in [-0.3, -0.25) is 14.4 Å². The molecule has 0 aromatic heterocycles. The fourth-order valence-electron chi connectivity index (χ4n) is 9.10. The molecule has 0 aromatic carbocycles. The largest absolute Gasteiger partial charge is 0.462 e. The van der Waals surface area contributed by atoms with E-state index < -0.39 is 6.10 Å². The molecule has 0 radical (unpaired) electrons. The molecule has 0 heterocycles. The summed E-state index contributed by atoms with van der Waals surface area (Å²) in [5.74, 6) is -0.966. The number of ether oxygens (including phenoxy) is 3. The third kappa shape index (κ3) is 66.1. The lowest BCUT2D eigenvalue weighted by Crippen LogP contribution is -2.30. The van der Waals surface area contributed by atoms with Crippen molar-refractivity contribution in [1.82, 2.24) is 0 Å². The van der Waals surface area contributed by atoms with Gasteiger partial charge in [0.2, 0.25) is 0 Å². The van der Waals surface area contributed by atoms with Crippen LogP contribution in [0.2, 0.25) is 0 Å². The highest BCUT2D eigenvalue weighted by Gasteiger charge is 2.19. The van der Waals surface area contributed by atoms with Gasteiger partial charge >= 0.3 is 17.9 Å². The Labute approximate surface area is 506 Å². The van der Waals surface area contributed by atoms with Crippen LogP contribution in [0.15, 0.2) is 146 Å². The molecule has 1 unspecified atom stereocenters. The van der Waals surface area contributed by atoms with Crippen LogP contribution in [0.25, 0.3) is 0 Å². The van der Waals surface area contributed by atoms with Crippen LogP contribution in [-0.4, -0.2) is 37.2 Å². The number of carbonyl (C=O) groups is 3. The normalized spacial score (nSPS) is 13.1. The Hall–Kier alpha value is -4.71. The van der Waals surface area contributed by atoms with Crippen molar-refractivity contribution in [2.45, 2.75) is 303 Å². The lowest BCUT2D eigenvalue weighted by molar-refractivity contribution is -0.167. The van der Waals surface area contributed by atoms with Gasteiger partial charge in [-0.1, -0.05) is 301 Å². The molecule has 82 heavy (non-hydrogen) atoms. The van der Waals surface area contributed by atoms with Gasteiger partial charge in [0.1, 0.15) is 13.2 Å². The minimum atomic E-state index is -0.812. The van der Waals surface area contributed by atoms with Crippen molar-refractivity contribution in [3.8, 4) is 0 Å². The second-order valence-electron chi connectivity index (χ2n) is 22.0. The average Bonchev–Trinajstić information content (AvgIpc) is 3.47. The summed E-state index contributed by atoms with van der Waals surface area (Å²) in [6.45, 7) is 6.38. The van der Waals surface area contributed by atoms with Crippen LogP contribution in [0.1, 0.15) is 297 Å². The summed E-state index contributed by atoms with van der Waals surface area (Å²) in [5.41, 5.74) is 0. The lowest BCUT2D eigenvalue weighted by Gasteiger charge is -2.18. The van der Waals surface area contributed by atoms with Crippen molar-refractivity contribution in [1.29, 1.82) is 0 Å². The molecule has 464 valence electrons. The lowest BCUT2D eigenvalue weighted by atomic mass is 10.0. The van der Waals surface area contributed by atoms with E-state index in [-0.39, 0.29) is 31.1 Å². The monoisotopic (exact) mass is 1130 g/mol. The van der Waals surface area contributed by atoms with Gasteiger partial charge < -0.3 is 14.2 Å². The topological polar surface area (TPSA) is 78.9 Å². The van der Waals surface area contributed by atoms with Gasteiger partial charge in [-0.25, -0.2) is 0 Å². The van der Waals surface area contributed by atoms with Crippen molar-refractivity contribution in [2.24, 2.45) is 0 Å². The highest BCUT2D eigenvalue weighted by atomic mass is 16.6. The summed E-state index contributed by atoms with van der Waals surface area (Å²) in [6, 6.07) is 0. The van der Waals surface area contributed by atoms with Gasteiger partial charge in [0.15, 0.2) is 6.10 Å². The number of allylic oxidation sites excluding steroid dienone is 24. The molecule has 0 rings (SSSR count). The molecule has 6 nitrogen and oxygen atoms in total. The van der Waals surface area contributed by atoms with Crippen LogP contribution in [0.3, 0.4) is 0 Å². The molecule has 0 aromatic rings. The number of esters is 3. The van der Waals surface area contributed by atoms with Crippen LogP contribution < -0.4 is 0 Å². The third-order valence-corrected chi connectivity index (χ3v) is 14.1. The van der Waals surface area contributed by atoms with Crippen LogP contribution in [0, 0.1) is 0 Å². The first-order valence-corrected chi connectivity index (χ1v) is 33.8.